The Labute approximate surface area is 280 Å². The molecule has 2 aromatic heterocycles. The molecular weight excluding hydrogens is 630 g/mol. The number of fused-ring (bicyclic) bond motifs is 1. The highest BCUT2D eigenvalue weighted by atomic mass is 35.5. The average molecular weight is 676 g/mol. The van der Waals surface area contributed by atoms with E-state index in [2.05, 4.69) is 25.3 Å². The Kier molecular flexibility index (Phi) is 12.8. The van der Waals surface area contributed by atoms with E-state index in [1.54, 1.807) is 53.1 Å². The molecule has 0 spiro atoms. The second kappa shape index (κ2) is 16.1. The lowest BCUT2D eigenvalue weighted by atomic mass is 10.2. The lowest BCUT2D eigenvalue weighted by Crippen LogP contribution is -2.36. The Morgan fingerprint density at radius 2 is 1.81 bits per heavy atom. The minimum absolute atomic E-state index is 0.0393. The summed E-state index contributed by atoms with van der Waals surface area (Å²) in [6.07, 6.45) is 1.74. The van der Waals surface area contributed by atoms with E-state index in [0.717, 1.165) is 0 Å². The number of aliphatic hydroxyl groups is 1. The average Bonchev–Trinajstić information content (AvgIpc) is 3.28. The topological polar surface area (TPSA) is 175 Å². The number of carbonyl (C=O) groups excluding carboxylic acids is 2. The zero-order valence-corrected chi connectivity index (χ0v) is 29.0. The number of anilines is 1. The number of aliphatic hydroxyl groups excluding tert-OH is 1. The molecule has 0 aliphatic carbocycles. The quantitative estimate of drug-likeness (QED) is 0.137. The largest absolute Gasteiger partial charge is 0.494 e. The monoisotopic (exact) mass is 675 g/mol. The first-order chi connectivity index (χ1) is 21.9. The molecule has 0 saturated heterocycles. The molecule has 0 fully saturated rings. The third-order valence-electron chi connectivity index (χ3n) is 6.38. The molecule has 15 heteroatoms. The number of amides is 1. The molecule has 3 rings (SSSR count). The summed E-state index contributed by atoms with van der Waals surface area (Å²) in [6.45, 7) is 12.2. The standard InChI is InChI=1S/C32H46ClN7O7/c1-31(2,3)46-25(42)11-13-39(7)17-21(41)18-45-24-15-20(9-10-23(24)33)35-16-22-26-27(36-19-37-28(26)38-29(22)43)34-12-14-40(8)30(44)47-32(4,5)6/h9-10,15-16,19,21,41,43H,11-14,17-18H2,1-8H3,(H2,34,36,37,38). The van der Waals surface area contributed by atoms with Crippen LogP contribution in [0.15, 0.2) is 29.5 Å². The molecule has 0 saturated carbocycles. The zero-order valence-electron chi connectivity index (χ0n) is 28.3. The Balaban J connectivity index is 1.63. The molecule has 0 bridgehead atoms. The lowest BCUT2D eigenvalue weighted by molar-refractivity contribution is -0.155. The first-order valence-electron chi connectivity index (χ1n) is 15.2. The van der Waals surface area contributed by atoms with Gasteiger partial charge in [0.1, 0.15) is 47.5 Å². The van der Waals surface area contributed by atoms with Crippen molar-refractivity contribution in [2.45, 2.75) is 65.3 Å². The number of hydrogen-bond acceptors (Lipinski definition) is 12. The van der Waals surface area contributed by atoms with E-state index in [0.29, 0.717) is 58.5 Å². The van der Waals surface area contributed by atoms with Crippen molar-refractivity contribution < 1.29 is 34.0 Å². The molecule has 14 nitrogen and oxygen atoms in total. The number of aliphatic imine (C=N–C) groups is 1. The zero-order chi connectivity index (χ0) is 34.9. The summed E-state index contributed by atoms with van der Waals surface area (Å²) < 4.78 is 16.5. The molecule has 4 N–H and O–H groups in total. The second-order valence-electron chi connectivity index (χ2n) is 13.1. The summed E-state index contributed by atoms with van der Waals surface area (Å²) in [4.78, 5) is 43.4. The Morgan fingerprint density at radius 1 is 1.11 bits per heavy atom. The SMILES string of the molecule is CN(CCC(=O)OC(C)(C)C)CC(O)COc1cc(N=Cc2c(O)[nH]c3ncnc(NCCN(C)C(=O)OC(C)(C)C)c23)ccc1Cl. The number of benzene rings is 1. The number of rotatable bonds is 14. The number of likely N-dealkylation sites (N-methyl/N-ethyl adjacent to an activating group) is 2. The van der Waals surface area contributed by atoms with Crippen molar-refractivity contribution in [2.75, 3.05) is 52.2 Å². The highest BCUT2D eigenvalue weighted by Crippen LogP contribution is 2.32. The van der Waals surface area contributed by atoms with Crippen molar-refractivity contribution in [3.63, 3.8) is 0 Å². The van der Waals surface area contributed by atoms with Crippen molar-refractivity contribution in [2.24, 2.45) is 4.99 Å². The van der Waals surface area contributed by atoms with E-state index in [4.69, 9.17) is 25.8 Å². The fourth-order valence-electron chi connectivity index (χ4n) is 4.25. The van der Waals surface area contributed by atoms with Gasteiger partial charge in [0.25, 0.3) is 0 Å². The van der Waals surface area contributed by atoms with Gasteiger partial charge in [0.2, 0.25) is 0 Å². The first kappa shape index (κ1) is 37.3. The van der Waals surface area contributed by atoms with Gasteiger partial charge in [0.15, 0.2) is 5.88 Å². The fourth-order valence-corrected chi connectivity index (χ4v) is 4.42. The number of aromatic hydroxyl groups is 1. The van der Waals surface area contributed by atoms with Gasteiger partial charge in [0, 0.05) is 45.5 Å². The Morgan fingerprint density at radius 3 is 2.49 bits per heavy atom. The van der Waals surface area contributed by atoms with Crippen molar-refractivity contribution >= 4 is 52.4 Å². The van der Waals surface area contributed by atoms with E-state index < -0.39 is 23.4 Å². The molecule has 1 amide bonds. The molecular formula is C32H46ClN7O7. The number of nitrogens with zero attached hydrogens (tertiary/aromatic N) is 5. The van der Waals surface area contributed by atoms with E-state index in [9.17, 15) is 19.8 Å². The normalized spacial score (nSPS) is 12.8. The van der Waals surface area contributed by atoms with Gasteiger partial charge in [-0.25, -0.2) is 14.8 Å². The number of hydrogen-bond donors (Lipinski definition) is 4. The van der Waals surface area contributed by atoms with Gasteiger partial charge in [-0.2, -0.15) is 0 Å². The van der Waals surface area contributed by atoms with E-state index in [-0.39, 0.29) is 31.4 Å². The summed E-state index contributed by atoms with van der Waals surface area (Å²) in [7, 11) is 3.44. The van der Waals surface area contributed by atoms with Gasteiger partial charge < -0.3 is 44.5 Å². The van der Waals surface area contributed by atoms with Crippen LogP contribution >= 0.6 is 11.6 Å². The summed E-state index contributed by atoms with van der Waals surface area (Å²) in [5.41, 5.74) is 0.0780. The molecule has 0 radical (unpaired) electrons. The number of H-pyrrole nitrogens is 1. The molecule has 3 aromatic rings. The molecule has 1 atom stereocenters. The summed E-state index contributed by atoms with van der Waals surface area (Å²) in [5.74, 6) is 0.307. The maximum atomic E-state index is 12.3. The van der Waals surface area contributed by atoms with Gasteiger partial charge in [0.05, 0.1) is 28.1 Å². The van der Waals surface area contributed by atoms with Crippen molar-refractivity contribution in [3.8, 4) is 11.6 Å². The van der Waals surface area contributed by atoms with Crippen LogP contribution in [0.3, 0.4) is 0 Å². The van der Waals surface area contributed by atoms with Gasteiger partial charge in [-0.15, -0.1) is 0 Å². The molecule has 0 aliphatic heterocycles. The summed E-state index contributed by atoms with van der Waals surface area (Å²) in [5, 5.41) is 25.2. The van der Waals surface area contributed by atoms with Crippen LogP contribution < -0.4 is 10.1 Å². The van der Waals surface area contributed by atoms with Crippen LogP contribution in [0, 0.1) is 0 Å². The summed E-state index contributed by atoms with van der Waals surface area (Å²) in [6, 6.07) is 4.92. The molecule has 47 heavy (non-hydrogen) atoms. The van der Waals surface area contributed by atoms with Crippen LogP contribution in [0.4, 0.5) is 16.3 Å². The van der Waals surface area contributed by atoms with Gasteiger partial charge in [-0.3, -0.25) is 9.79 Å². The van der Waals surface area contributed by atoms with Crippen molar-refractivity contribution in [1.29, 1.82) is 0 Å². The van der Waals surface area contributed by atoms with Crippen LogP contribution in [0.1, 0.15) is 53.5 Å². The number of aromatic amines is 1. The van der Waals surface area contributed by atoms with Crippen LogP contribution in [0.5, 0.6) is 11.6 Å². The van der Waals surface area contributed by atoms with Crippen LogP contribution in [-0.4, -0.2) is 117 Å². The van der Waals surface area contributed by atoms with E-state index in [1.165, 1.54) is 17.4 Å². The van der Waals surface area contributed by atoms with Gasteiger partial charge in [-0.1, -0.05) is 11.6 Å². The predicted octanol–water partition coefficient (Wildman–Crippen LogP) is 4.75. The Hall–Kier alpha value is -4.14. The molecule has 2 heterocycles. The molecule has 258 valence electrons. The van der Waals surface area contributed by atoms with Gasteiger partial charge in [-0.05, 0) is 60.7 Å². The second-order valence-corrected chi connectivity index (χ2v) is 13.5. The number of ether oxygens (including phenoxy) is 3. The smallest absolute Gasteiger partial charge is 0.410 e. The van der Waals surface area contributed by atoms with Gasteiger partial charge >= 0.3 is 12.1 Å². The number of esters is 1. The van der Waals surface area contributed by atoms with Crippen LogP contribution in [0.2, 0.25) is 5.02 Å². The number of nitrogens with one attached hydrogen (secondary N) is 2. The van der Waals surface area contributed by atoms with Crippen LogP contribution in [0.25, 0.3) is 11.0 Å². The highest BCUT2D eigenvalue weighted by molar-refractivity contribution is 6.32. The van der Waals surface area contributed by atoms with E-state index in [1.807, 2.05) is 25.7 Å². The minimum Gasteiger partial charge on any atom is -0.494 e. The molecule has 0 aliphatic rings. The molecule has 1 unspecified atom stereocenters. The number of aromatic nitrogens is 3. The minimum atomic E-state index is -0.847. The predicted molar refractivity (Wildman–Crippen MR) is 181 cm³/mol. The third kappa shape index (κ3) is 12.2. The van der Waals surface area contributed by atoms with Crippen molar-refractivity contribution in [3.05, 3.63) is 35.1 Å². The fraction of sp³-hybridized carbons (Fsp3) is 0.531. The van der Waals surface area contributed by atoms with Crippen LogP contribution in [-0.2, 0) is 14.3 Å². The maximum Gasteiger partial charge on any atom is 0.410 e. The Bertz CT molecular complexity index is 1550. The van der Waals surface area contributed by atoms with Crippen molar-refractivity contribution in [1.82, 2.24) is 24.8 Å². The van der Waals surface area contributed by atoms with E-state index >= 15 is 0 Å². The number of halogens is 1. The first-order valence-corrected chi connectivity index (χ1v) is 15.6. The lowest BCUT2D eigenvalue weighted by Gasteiger charge is -2.24. The highest BCUT2D eigenvalue weighted by Gasteiger charge is 2.21. The maximum absolute atomic E-state index is 12.3. The molecule has 1 aromatic carbocycles. The summed E-state index contributed by atoms with van der Waals surface area (Å²) >= 11 is 6.35. The number of carbonyl (C=O) groups is 2. The third-order valence-corrected chi connectivity index (χ3v) is 6.69.